The van der Waals surface area contributed by atoms with Crippen LogP contribution in [0.1, 0.15) is 12.5 Å². The first kappa shape index (κ1) is 15.9. The Labute approximate surface area is 134 Å². The van der Waals surface area contributed by atoms with E-state index in [1.165, 1.54) is 19.2 Å². The van der Waals surface area contributed by atoms with Crippen molar-refractivity contribution in [2.75, 3.05) is 5.32 Å². The quantitative estimate of drug-likeness (QED) is 0.376. The number of carbonyl (C=O) groups excluding carboxylic acids is 1. The van der Waals surface area contributed by atoms with Gasteiger partial charge in [-0.25, -0.2) is 4.98 Å². The number of hydrogen-bond donors (Lipinski definition) is 1. The molecule has 7 nitrogen and oxygen atoms in total. The maximum atomic E-state index is 11.0. The van der Waals surface area contributed by atoms with Crippen LogP contribution in [-0.4, -0.2) is 15.9 Å². The summed E-state index contributed by atoms with van der Waals surface area (Å²) in [5.41, 5.74) is 1.71. The average molecular weight is 366 g/mol. The Bertz CT molecular complexity index is 704. The molecule has 0 atom stereocenters. The number of benzene rings is 1. The van der Waals surface area contributed by atoms with Crippen molar-refractivity contribution < 1.29 is 14.5 Å². The van der Waals surface area contributed by atoms with E-state index in [1.54, 1.807) is 24.3 Å². The van der Waals surface area contributed by atoms with Gasteiger partial charge in [-0.3, -0.25) is 14.9 Å². The van der Waals surface area contributed by atoms with E-state index in [0.29, 0.717) is 16.0 Å². The maximum absolute atomic E-state index is 11.0. The van der Waals surface area contributed by atoms with E-state index in [9.17, 15) is 14.9 Å². The summed E-state index contributed by atoms with van der Waals surface area (Å²) in [5, 5.41) is 14.0. The lowest BCUT2D eigenvalue weighted by atomic mass is 10.2. The Kier molecular flexibility index (Phi) is 5.05. The third kappa shape index (κ3) is 4.26. The third-order valence-corrected chi connectivity index (χ3v) is 3.15. The summed E-state index contributed by atoms with van der Waals surface area (Å²) in [7, 11) is 0. The predicted octanol–water partition coefficient (Wildman–Crippen LogP) is 3.56. The van der Waals surface area contributed by atoms with Gasteiger partial charge in [-0.15, -0.1) is 0 Å². The van der Waals surface area contributed by atoms with Crippen molar-refractivity contribution in [3.63, 3.8) is 0 Å². The molecule has 0 fully saturated rings. The molecule has 0 aliphatic rings. The number of nitrogens with one attached hydrogen (secondary N) is 1. The number of aromatic nitrogens is 1. The molecule has 1 N–H and O–H groups in total. The van der Waals surface area contributed by atoms with Gasteiger partial charge in [0.2, 0.25) is 0 Å². The molecule has 2 rings (SSSR count). The number of halogens is 1. The molecule has 0 amide bonds. The minimum atomic E-state index is -0.503. The molecular formula is C14H12BrN3O4. The molecule has 0 radical (unpaired) electrons. The zero-order valence-electron chi connectivity index (χ0n) is 11.6. The molecule has 8 heteroatoms. The highest BCUT2D eigenvalue weighted by atomic mass is 79.9. The van der Waals surface area contributed by atoms with Gasteiger partial charge in [-0.05, 0) is 33.6 Å². The van der Waals surface area contributed by atoms with Gasteiger partial charge in [-0.1, -0.05) is 12.1 Å². The fourth-order valence-electron chi connectivity index (χ4n) is 1.69. The van der Waals surface area contributed by atoms with Gasteiger partial charge in [0.1, 0.15) is 23.1 Å². The number of nitrogens with zero attached hydrogens (tertiary/aromatic N) is 2. The van der Waals surface area contributed by atoms with E-state index < -0.39 is 4.92 Å². The minimum Gasteiger partial charge on any atom is -0.461 e. The van der Waals surface area contributed by atoms with Gasteiger partial charge in [0.25, 0.3) is 0 Å². The average Bonchev–Trinajstić information content (AvgIpc) is 2.46. The van der Waals surface area contributed by atoms with Gasteiger partial charge in [0, 0.05) is 18.7 Å². The Hall–Kier alpha value is -2.48. The first-order valence-electron chi connectivity index (χ1n) is 6.25. The van der Waals surface area contributed by atoms with Crippen molar-refractivity contribution in [3.8, 4) is 0 Å². The number of pyridine rings is 1. The van der Waals surface area contributed by atoms with E-state index in [1.807, 2.05) is 0 Å². The second-order valence-corrected chi connectivity index (χ2v) is 5.20. The fourth-order valence-corrected chi connectivity index (χ4v) is 2.02. The summed E-state index contributed by atoms with van der Waals surface area (Å²) >= 11 is 3.18. The van der Waals surface area contributed by atoms with Crippen LogP contribution in [0.5, 0.6) is 0 Å². The number of ether oxygens (including phenoxy) is 1. The molecule has 0 spiro atoms. The van der Waals surface area contributed by atoms with Crippen molar-refractivity contribution in [1.82, 2.24) is 4.98 Å². The lowest BCUT2D eigenvalue weighted by Gasteiger charge is -2.08. The second-order valence-electron chi connectivity index (χ2n) is 4.38. The van der Waals surface area contributed by atoms with Crippen molar-refractivity contribution in [1.29, 1.82) is 0 Å². The van der Waals surface area contributed by atoms with Crippen molar-refractivity contribution >= 4 is 39.0 Å². The summed E-state index contributed by atoms with van der Waals surface area (Å²) in [4.78, 5) is 25.1. The largest absolute Gasteiger partial charge is 0.461 e. The van der Waals surface area contributed by atoms with E-state index in [4.69, 9.17) is 4.74 Å². The van der Waals surface area contributed by atoms with Crippen molar-refractivity contribution in [2.24, 2.45) is 0 Å². The number of anilines is 2. The highest BCUT2D eigenvalue weighted by Crippen LogP contribution is 2.29. The third-order valence-electron chi connectivity index (χ3n) is 2.72. The summed E-state index contributed by atoms with van der Waals surface area (Å²) in [6.45, 7) is 1.53. The van der Waals surface area contributed by atoms with E-state index in [2.05, 4.69) is 26.2 Å². The van der Waals surface area contributed by atoms with Gasteiger partial charge >= 0.3 is 11.7 Å². The standard InChI is InChI=1S/C14H12BrN3O4/c1-9(19)22-8-10-2-4-11(5-3-10)17-12-6-14(15)16-7-13(12)18(20)21/h2-7H,8H2,1H3,(H,16,17). The van der Waals surface area contributed by atoms with Gasteiger partial charge in [0.05, 0.1) is 4.92 Å². The molecule has 0 aliphatic carbocycles. The monoisotopic (exact) mass is 365 g/mol. The number of nitro groups is 1. The highest BCUT2D eigenvalue weighted by Gasteiger charge is 2.15. The van der Waals surface area contributed by atoms with Crippen LogP contribution in [0.3, 0.4) is 0 Å². The maximum Gasteiger partial charge on any atom is 0.310 e. The summed E-state index contributed by atoms with van der Waals surface area (Å²) in [5.74, 6) is -0.348. The van der Waals surface area contributed by atoms with Crippen LogP contribution >= 0.6 is 15.9 Å². The Morgan fingerprint density at radius 3 is 2.68 bits per heavy atom. The molecule has 0 saturated heterocycles. The number of carbonyl (C=O) groups is 1. The zero-order chi connectivity index (χ0) is 16.1. The molecule has 2 aromatic rings. The number of hydrogen-bond acceptors (Lipinski definition) is 6. The van der Waals surface area contributed by atoms with Crippen LogP contribution in [0.2, 0.25) is 0 Å². The van der Waals surface area contributed by atoms with Crippen LogP contribution in [0.4, 0.5) is 17.1 Å². The van der Waals surface area contributed by atoms with Crippen LogP contribution in [0.15, 0.2) is 41.1 Å². The first-order chi connectivity index (χ1) is 10.5. The molecule has 0 unspecified atom stereocenters. The molecule has 1 aromatic heterocycles. The summed E-state index contributed by atoms with van der Waals surface area (Å²) in [6, 6.07) is 8.57. The zero-order valence-corrected chi connectivity index (χ0v) is 13.2. The fraction of sp³-hybridized carbons (Fsp3) is 0.143. The number of esters is 1. The topological polar surface area (TPSA) is 94.4 Å². The molecule has 114 valence electrons. The molecule has 0 bridgehead atoms. The SMILES string of the molecule is CC(=O)OCc1ccc(Nc2cc(Br)ncc2[N+](=O)[O-])cc1. The van der Waals surface area contributed by atoms with E-state index in [0.717, 1.165) is 5.56 Å². The predicted molar refractivity (Wildman–Crippen MR) is 83.8 cm³/mol. The molecule has 0 saturated carbocycles. The van der Waals surface area contributed by atoms with E-state index in [-0.39, 0.29) is 18.3 Å². The van der Waals surface area contributed by atoms with Crippen LogP contribution in [0.25, 0.3) is 0 Å². The van der Waals surface area contributed by atoms with Crippen LogP contribution in [0, 0.1) is 10.1 Å². The van der Waals surface area contributed by atoms with Gasteiger partial charge < -0.3 is 10.1 Å². The highest BCUT2D eigenvalue weighted by molar-refractivity contribution is 9.10. The molecule has 0 aliphatic heterocycles. The van der Waals surface area contributed by atoms with Gasteiger partial charge in [0.15, 0.2) is 0 Å². The lowest BCUT2D eigenvalue weighted by molar-refractivity contribution is -0.384. The Morgan fingerprint density at radius 1 is 1.41 bits per heavy atom. The van der Waals surface area contributed by atoms with Crippen molar-refractivity contribution in [3.05, 3.63) is 56.8 Å². The van der Waals surface area contributed by atoms with Crippen molar-refractivity contribution in [2.45, 2.75) is 13.5 Å². The van der Waals surface area contributed by atoms with Crippen LogP contribution < -0.4 is 5.32 Å². The molecule has 1 heterocycles. The summed E-state index contributed by atoms with van der Waals surface area (Å²) in [6.07, 6.45) is 1.18. The molecular weight excluding hydrogens is 354 g/mol. The second kappa shape index (κ2) is 6.99. The van der Waals surface area contributed by atoms with Crippen LogP contribution in [-0.2, 0) is 16.1 Å². The molecule has 22 heavy (non-hydrogen) atoms. The lowest BCUT2D eigenvalue weighted by Crippen LogP contribution is -2.00. The van der Waals surface area contributed by atoms with Gasteiger partial charge in [-0.2, -0.15) is 0 Å². The normalized spacial score (nSPS) is 10.1. The first-order valence-corrected chi connectivity index (χ1v) is 7.04. The summed E-state index contributed by atoms with van der Waals surface area (Å²) < 4.78 is 5.38. The minimum absolute atomic E-state index is 0.118. The molecule has 1 aromatic carbocycles. The Balaban J connectivity index is 2.15. The van der Waals surface area contributed by atoms with E-state index >= 15 is 0 Å². The Morgan fingerprint density at radius 2 is 2.09 bits per heavy atom. The smallest absolute Gasteiger partial charge is 0.310 e. The number of rotatable bonds is 5.